The van der Waals surface area contributed by atoms with E-state index < -0.39 is 0 Å². The van der Waals surface area contributed by atoms with Crippen LogP contribution in [-0.4, -0.2) is 15.9 Å². The average Bonchev–Trinajstić information content (AvgIpc) is 3.07. The van der Waals surface area contributed by atoms with E-state index >= 15 is 0 Å². The standard InChI is InChI=1S/C18H15Cl2N3OS/c19-14-7-6-12(9-15(14)20)3-1-5-17(24)23-18-22-16(11-25-18)13-4-2-8-21-10-13/h2,4,6-11H,1,3,5H2,(H,22,23,24). The summed E-state index contributed by atoms with van der Waals surface area (Å²) in [5, 5.41) is 6.42. The molecule has 0 radical (unpaired) electrons. The van der Waals surface area contributed by atoms with Gasteiger partial charge in [-0.3, -0.25) is 9.78 Å². The molecule has 0 fully saturated rings. The number of rotatable bonds is 6. The largest absolute Gasteiger partial charge is 0.302 e. The molecule has 7 heteroatoms. The first-order valence-electron chi connectivity index (χ1n) is 7.71. The van der Waals surface area contributed by atoms with Gasteiger partial charge in [-0.05, 0) is 42.7 Å². The van der Waals surface area contributed by atoms with Crippen LogP contribution >= 0.6 is 34.5 Å². The lowest BCUT2D eigenvalue weighted by atomic mass is 10.1. The molecule has 25 heavy (non-hydrogen) atoms. The number of aryl methyl sites for hydroxylation is 1. The second-order valence-corrected chi connectivity index (χ2v) is 7.10. The van der Waals surface area contributed by atoms with E-state index in [-0.39, 0.29) is 5.91 Å². The second kappa shape index (κ2) is 8.43. The number of nitrogens with zero attached hydrogens (tertiary/aromatic N) is 2. The van der Waals surface area contributed by atoms with Gasteiger partial charge in [-0.25, -0.2) is 4.98 Å². The third kappa shape index (κ3) is 5.01. The molecule has 1 aromatic carbocycles. The Morgan fingerprint density at radius 2 is 2.08 bits per heavy atom. The molecule has 0 saturated carbocycles. The Morgan fingerprint density at radius 1 is 1.20 bits per heavy atom. The van der Waals surface area contributed by atoms with Crippen molar-refractivity contribution in [3.05, 3.63) is 63.7 Å². The molecule has 0 aliphatic rings. The molecule has 3 aromatic rings. The molecule has 0 saturated heterocycles. The Hall–Kier alpha value is -1.95. The van der Waals surface area contributed by atoms with Gasteiger partial charge < -0.3 is 5.32 Å². The van der Waals surface area contributed by atoms with E-state index in [1.165, 1.54) is 11.3 Å². The first-order chi connectivity index (χ1) is 12.1. The molecule has 0 bridgehead atoms. The number of hydrogen-bond donors (Lipinski definition) is 1. The number of benzene rings is 1. The molecule has 128 valence electrons. The third-order valence-electron chi connectivity index (χ3n) is 3.56. The maximum absolute atomic E-state index is 12.1. The van der Waals surface area contributed by atoms with Gasteiger partial charge in [-0.15, -0.1) is 11.3 Å². The zero-order chi connectivity index (χ0) is 17.6. The Balaban J connectivity index is 1.49. The zero-order valence-electron chi connectivity index (χ0n) is 13.2. The van der Waals surface area contributed by atoms with Crippen molar-refractivity contribution in [3.8, 4) is 11.3 Å². The fraction of sp³-hybridized carbons (Fsp3) is 0.167. The molecule has 3 rings (SSSR count). The summed E-state index contributed by atoms with van der Waals surface area (Å²) < 4.78 is 0. The monoisotopic (exact) mass is 391 g/mol. The normalized spacial score (nSPS) is 10.6. The highest BCUT2D eigenvalue weighted by molar-refractivity contribution is 7.14. The summed E-state index contributed by atoms with van der Waals surface area (Å²) in [6.07, 6.45) is 5.38. The number of nitrogens with one attached hydrogen (secondary N) is 1. The van der Waals surface area contributed by atoms with Gasteiger partial charge in [0.1, 0.15) is 0 Å². The lowest BCUT2D eigenvalue weighted by Crippen LogP contribution is -2.11. The fourth-order valence-electron chi connectivity index (χ4n) is 2.31. The summed E-state index contributed by atoms with van der Waals surface area (Å²) >= 11 is 13.3. The van der Waals surface area contributed by atoms with E-state index in [1.54, 1.807) is 18.5 Å². The topological polar surface area (TPSA) is 54.9 Å². The Labute approximate surface area is 159 Å². The van der Waals surface area contributed by atoms with Crippen LogP contribution in [0.25, 0.3) is 11.3 Å². The molecule has 2 aromatic heterocycles. The zero-order valence-corrected chi connectivity index (χ0v) is 15.5. The van der Waals surface area contributed by atoms with Gasteiger partial charge in [0.15, 0.2) is 5.13 Å². The van der Waals surface area contributed by atoms with Crippen LogP contribution in [0.2, 0.25) is 10.0 Å². The molecule has 0 unspecified atom stereocenters. The smallest absolute Gasteiger partial charge is 0.226 e. The van der Waals surface area contributed by atoms with Crippen LogP contribution in [0.1, 0.15) is 18.4 Å². The van der Waals surface area contributed by atoms with E-state index in [0.717, 1.165) is 29.7 Å². The van der Waals surface area contributed by atoms with Crippen molar-refractivity contribution in [1.82, 2.24) is 9.97 Å². The molecule has 4 nitrogen and oxygen atoms in total. The van der Waals surface area contributed by atoms with Crippen molar-refractivity contribution in [2.75, 3.05) is 5.32 Å². The molecular formula is C18H15Cl2N3OS. The number of thiazole rings is 1. The van der Waals surface area contributed by atoms with Crippen molar-refractivity contribution in [3.63, 3.8) is 0 Å². The number of amides is 1. The highest BCUT2D eigenvalue weighted by atomic mass is 35.5. The number of carbonyl (C=O) groups excluding carboxylic acids is 1. The summed E-state index contributed by atoms with van der Waals surface area (Å²) in [5.41, 5.74) is 2.80. The van der Waals surface area contributed by atoms with Crippen molar-refractivity contribution in [2.45, 2.75) is 19.3 Å². The van der Waals surface area contributed by atoms with Gasteiger partial charge in [-0.2, -0.15) is 0 Å². The number of hydrogen-bond acceptors (Lipinski definition) is 4. The first kappa shape index (κ1) is 17.9. The van der Waals surface area contributed by atoms with Gasteiger partial charge in [0.05, 0.1) is 15.7 Å². The van der Waals surface area contributed by atoms with Crippen LogP contribution in [0.15, 0.2) is 48.1 Å². The lowest BCUT2D eigenvalue weighted by molar-refractivity contribution is -0.116. The number of anilines is 1. The van der Waals surface area contributed by atoms with Crippen LogP contribution in [-0.2, 0) is 11.2 Å². The molecule has 0 spiro atoms. The second-order valence-electron chi connectivity index (χ2n) is 5.43. The predicted octanol–water partition coefficient (Wildman–Crippen LogP) is 5.47. The summed E-state index contributed by atoms with van der Waals surface area (Å²) in [6.45, 7) is 0. The van der Waals surface area contributed by atoms with Gasteiger partial charge in [-0.1, -0.05) is 29.3 Å². The summed E-state index contributed by atoms with van der Waals surface area (Å²) in [4.78, 5) is 20.6. The van der Waals surface area contributed by atoms with Gasteiger partial charge in [0.2, 0.25) is 5.91 Å². The van der Waals surface area contributed by atoms with E-state index in [2.05, 4.69) is 15.3 Å². The van der Waals surface area contributed by atoms with Crippen LogP contribution in [0.3, 0.4) is 0 Å². The van der Waals surface area contributed by atoms with Gasteiger partial charge in [0, 0.05) is 29.8 Å². The van der Waals surface area contributed by atoms with Crippen molar-refractivity contribution in [1.29, 1.82) is 0 Å². The molecule has 1 N–H and O–H groups in total. The number of halogens is 2. The number of aromatic nitrogens is 2. The maximum Gasteiger partial charge on any atom is 0.226 e. The lowest BCUT2D eigenvalue weighted by Gasteiger charge is -2.04. The average molecular weight is 392 g/mol. The molecule has 0 atom stereocenters. The van der Waals surface area contributed by atoms with Crippen LogP contribution in [0, 0.1) is 0 Å². The minimum Gasteiger partial charge on any atom is -0.302 e. The van der Waals surface area contributed by atoms with Crippen LogP contribution < -0.4 is 5.32 Å². The minimum atomic E-state index is -0.0489. The Kier molecular flexibility index (Phi) is 6.02. The van der Waals surface area contributed by atoms with E-state index in [9.17, 15) is 4.79 Å². The highest BCUT2D eigenvalue weighted by Crippen LogP contribution is 2.25. The summed E-state index contributed by atoms with van der Waals surface area (Å²) in [7, 11) is 0. The van der Waals surface area contributed by atoms with E-state index in [0.29, 0.717) is 21.6 Å². The van der Waals surface area contributed by atoms with E-state index in [4.69, 9.17) is 23.2 Å². The summed E-state index contributed by atoms with van der Waals surface area (Å²) in [6, 6.07) is 9.32. The Bertz CT molecular complexity index is 868. The number of carbonyl (C=O) groups is 1. The van der Waals surface area contributed by atoms with Crippen molar-refractivity contribution in [2.24, 2.45) is 0 Å². The maximum atomic E-state index is 12.1. The summed E-state index contributed by atoms with van der Waals surface area (Å²) in [5.74, 6) is -0.0489. The molecule has 0 aliphatic carbocycles. The molecule has 0 aliphatic heterocycles. The van der Waals surface area contributed by atoms with Gasteiger partial charge in [0.25, 0.3) is 0 Å². The van der Waals surface area contributed by atoms with Crippen LogP contribution in [0.4, 0.5) is 5.13 Å². The highest BCUT2D eigenvalue weighted by Gasteiger charge is 2.08. The molecule has 1 amide bonds. The SMILES string of the molecule is O=C(CCCc1ccc(Cl)c(Cl)c1)Nc1nc(-c2cccnc2)cs1. The predicted molar refractivity (Wildman–Crippen MR) is 103 cm³/mol. The molecule has 2 heterocycles. The molecular weight excluding hydrogens is 377 g/mol. The Morgan fingerprint density at radius 3 is 2.84 bits per heavy atom. The third-order valence-corrected chi connectivity index (χ3v) is 5.06. The van der Waals surface area contributed by atoms with Gasteiger partial charge >= 0.3 is 0 Å². The van der Waals surface area contributed by atoms with Crippen molar-refractivity contribution >= 4 is 45.6 Å². The van der Waals surface area contributed by atoms with E-state index in [1.807, 2.05) is 29.6 Å². The van der Waals surface area contributed by atoms with Crippen LogP contribution in [0.5, 0.6) is 0 Å². The quantitative estimate of drug-likeness (QED) is 0.605. The van der Waals surface area contributed by atoms with Crippen molar-refractivity contribution < 1.29 is 4.79 Å². The number of pyridine rings is 1. The first-order valence-corrected chi connectivity index (χ1v) is 9.35. The minimum absolute atomic E-state index is 0.0489. The fourth-order valence-corrected chi connectivity index (χ4v) is 3.36.